The van der Waals surface area contributed by atoms with Crippen molar-refractivity contribution in [2.45, 2.75) is 63.4 Å². The number of halogens is 1. The van der Waals surface area contributed by atoms with Crippen LogP contribution in [0.1, 0.15) is 56.3 Å². The Bertz CT molecular complexity index is 1320. The fourth-order valence-electron chi connectivity index (χ4n) is 4.49. The summed E-state index contributed by atoms with van der Waals surface area (Å²) < 4.78 is 44.2. The molecule has 0 N–H and O–H groups in total. The molecule has 33 heavy (non-hydrogen) atoms. The number of hydrogen-bond acceptors (Lipinski definition) is 4. The lowest BCUT2D eigenvalue weighted by Crippen LogP contribution is -2.41. The van der Waals surface area contributed by atoms with Gasteiger partial charge in [-0.25, -0.2) is 12.8 Å². The number of carbonyl (C=O) groups excluding carboxylic acids is 1. The van der Waals surface area contributed by atoms with E-state index >= 15 is 0 Å². The topological polar surface area (TPSA) is 71.7 Å². The number of aromatic nitrogens is 1. The molecular formula is C24H28FN3O3S2. The van der Waals surface area contributed by atoms with Gasteiger partial charge in [-0.2, -0.15) is 9.30 Å². The summed E-state index contributed by atoms with van der Waals surface area (Å²) >= 11 is 1.25. The maximum Gasteiger partial charge on any atom is 0.279 e. The van der Waals surface area contributed by atoms with Crippen LogP contribution in [-0.2, 0) is 16.6 Å². The van der Waals surface area contributed by atoms with Crippen LogP contribution < -0.4 is 4.80 Å². The van der Waals surface area contributed by atoms with Crippen molar-refractivity contribution in [3.8, 4) is 0 Å². The number of rotatable bonds is 6. The Morgan fingerprint density at radius 3 is 2.45 bits per heavy atom. The fraction of sp³-hybridized carbons (Fsp3) is 0.417. The molecule has 6 nitrogen and oxygen atoms in total. The molecule has 3 aromatic rings. The molecule has 176 valence electrons. The van der Waals surface area contributed by atoms with Gasteiger partial charge in [-0.15, -0.1) is 0 Å². The van der Waals surface area contributed by atoms with Gasteiger partial charge < -0.3 is 4.57 Å². The van der Waals surface area contributed by atoms with Gasteiger partial charge in [0, 0.05) is 24.7 Å². The van der Waals surface area contributed by atoms with E-state index in [1.807, 2.05) is 18.4 Å². The monoisotopic (exact) mass is 489 g/mol. The van der Waals surface area contributed by atoms with Gasteiger partial charge in [-0.3, -0.25) is 4.79 Å². The van der Waals surface area contributed by atoms with Crippen LogP contribution >= 0.6 is 11.3 Å². The van der Waals surface area contributed by atoms with E-state index in [4.69, 9.17) is 0 Å². The number of amides is 1. The number of thiazole rings is 1. The Morgan fingerprint density at radius 1 is 1.12 bits per heavy atom. The van der Waals surface area contributed by atoms with Crippen LogP contribution in [0.15, 0.2) is 52.4 Å². The van der Waals surface area contributed by atoms with E-state index in [1.54, 1.807) is 10.4 Å². The minimum Gasteiger partial charge on any atom is -0.317 e. The van der Waals surface area contributed by atoms with Gasteiger partial charge in [-0.05, 0) is 62.2 Å². The highest BCUT2D eigenvalue weighted by molar-refractivity contribution is 7.89. The zero-order valence-electron chi connectivity index (χ0n) is 18.8. The molecule has 2 aromatic carbocycles. The first-order valence-corrected chi connectivity index (χ1v) is 13.6. The second kappa shape index (κ2) is 9.87. The van der Waals surface area contributed by atoms with Crippen molar-refractivity contribution in [2.24, 2.45) is 4.99 Å². The van der Waals surface area contributed by atoms with E-state index in [2.05, 4.69) is 4.99 Å². The third-order valence-corrected chi connectivity index (χ3v) is 9.24. The molecule has 1 heterocycles. The predicted molar refractivity (Wildman–Crippen MR) is 128 cm³/mol. The molecule has 1 fully saturated rings. The molecular weight excluding hydrogens is 461 g/mol. The number of sulfonamides is 1. The van der Waals surface area contributed by atoms with E-state index in [9.17, 15) is 17.6 Å². The highest BCUT2D eigenvalue weighted by Crippen LogP contribution is 2.28. The highest BCUT2D eigenvalue weighted by Gasteiger charge is 2.31. The van der Waals surface area contributed by atoms with Crippen molar-refractivity contribution in [3.63, 3.8) is 0 Å². The minimum atomic E-state index is -3.63. The normalized spacial score (nSPS) is 16.1. The number of nitrogens with zero attached hydrogens (tertiary/aromatic N) is 3. The first-order valence-electron chi connectivity index (χ1n) is 11.3. The Hall–Kier alpha value is -2.36. The molecule has 9 heteroatoms. The fourth-order valence-corrected chi connectivity index (χ4v) is 7.30. The van der Waals surface area contributed by atoms with Gasteiger partial charge in [0.25, 0.3) is 5.91 Å². The number of carbonyl (C=O) groups is 1. The third kappa shape index (κ3) is 4.81. The van der Waals surface area contributed by atoms with Crippen molar-refractivity contribution in [1.82, 2.24) is 8.87 Å². The zero-order chi connectivity index (χ0) is 23.6. The number of fused-ring (bicyclic) bond motifs is 1. The van der Waals surface area contributed by atoms with Crippen LogP contribution in [-0.4, -0.2) is 35.8 Å². The molecule has 0 aliphatic heterocycles. The van der Waals surface area contributed by atoms with Gasteiger partial charge in [0.15, 0.2) is 4.80 Å². The summed E-state index contributed by atoms with van der Waals surface area (Å²) in [6.07, 6.45) is 5.03. The predicted octanol–water partition coefficient (Wildman–Crippen LogP) is 4.95. The SMILES string of the molecule is CCN(C1CCCCC1)S(=O)(=O)c1ccc(C(=O)N=c2sc3cc(F)ccc3n2CC)cc1. The van der Waals surface area contributed by atoms with Crippen molar-refractivity contribution in [1.29, 1.82) is 0 Å². The second-order valence-electron chi connectivity index (χ2n) is 8.18. The molecule has 1 aromatic heterocycles. The number of aryl methyl sites for hydroxylation is 1. The Balaban J connectivity index is 1.62. The van der Waals surface area contributed by atoms with Crippen LogP contribution in [0, 0.1) is 5.82 Å². The summed E-state index contributed by atoms with van der Waals surface area (Å²) in [4.78, 5) is 17.7. The smallest absolute Gasteiger partial charge is 0.279 e. The highest BCUT2D eigenvalue weighted by atomic mass is 32.2. The van der Waals surface area contributed by atoms with E-state index in [0.29, 0.717) is 28.2 Å². The van der Waals surface area contributed by atoms with Crippen molar-refractivity contribution in [2.75, 3.05) is 6.54 Å². The molecule has 0 radical (unpaired) electrons. The molecule has 1 saturated carbocycles. The Morgan fingerprint density at radius 2 is 1.82 bits per heavy atom. The van der Waals surface area contributed by atoms with E-state index in [0.717, 1.165) is 37.6 Å². The van der Waals surface area contributed by atoms with Crippen molar-refractivity contribution >= 4 is 37.5 Å². The van der Waals surface area contributed by atoms with Crippen LogP contribution in [0.3, 0.4) is 0 Å². The molecule has 0 spiro atoms. The van der Waals surface area contributed by atoms with Gasteiger partial charge in [0.1, 0.15) is 5.82 Å². The van der Waals surface area contributed by atoms with Crippen molar-refractivity contribution in [3.05, 3.63) is 58.6 Å². The third-order valence-electron chi connectivity index (χ3n) is 6.16. The largest absolute Gasteiger partial charge is 0.317 e. The Labute approximate surface area is 197 Å². The standard InChI is InChI=1S/C24H28FN3O3S2/c1-3-27-21-15-12-18(25)16-22(21)32-24(27)26-23(29)17-10-13-20(14-11-17)33(30,31)28(4-2)19-8-6-5-7-9-19/h10-16,19H,3-9H2,1-2H3. The summed E-state index contributed by atoms with van der Waals surface area (Å²) in [5, 5.41) is 0. The summed E-state index contributed by atoms with van der Waals surface area (Å²) in [6, 6.07) is 10.5. The molecule has 0 unspecified atom stereocenters. The van der Waals surface area contributed by atoms with Gasteiger partial charge in [0.2, 0.25) is 10.0 Å². The van der Waals surface area contributed by atoms with Crippen LogP contribution in [0.25, 0.3) is 10.2 Å². The first kappa shape index (κ1) is 23.8. The maximum absolute atomic E-state index is 13.6. The summed E-state index contributed by atoms with van der Waals surface area (Å²) in [5.41, 5.74) is 1.13. The maximum atomic E-state index is 13.6. The average Bonchev–Trinajstić information content (AvgIpc) is 3.16. The average molecular weight is 490 g/mol. The van der Waals surface area contributed by atoms with Crippen LogP contribution in [0.2, 0.25) is 0 Å². The molecule has 0 saturated heterocycles. The van der Waals surface area contributed by atoms with Gasteiger partial charge in [0.05, 0.1) is 15.1 Å². The molecule has 4 rings (SSSR count). The second-order valence-corrected chi connectivity index (χ2v) is 11.1. The molecule has 0 bridgehead atoms. The zero-order valence-corrected chi connectivity index (χ0v) is 20.5. The lowest BCUT2D eigenvalue weighted by molar-refractivity contribution is 0.0997. The van der Waals surface area contributed by atoms with Crippen LogP contribution in [0.4, 0.5) is 4.39 Å². The van der Waals surface area contributed by atoms with Gasteiger partial charge in [-0.1, -0.05) is 37.5 Å². The summed E-state index contributed by atoms with van der Waals surface area (Å²) in [5.74, 6) is -0.802. The van der Waals surface area contributed by atoms with E-state index in [1.165, 1.54) is 47.7 Å². The molecule has 0 atom stereocenters. The van der Waals surface area contributed by atoms with E-state index in [-0.39, 0.29) is 16.8 Å². The van der Waals surface area contributed by atoms with E-state index < -0.39 is 15.9 Å². The molecule has 1 aliphatic carbocycles. The summed E-state index contributed by atoms with van der Waals surface area (Å²) in [7, 11) is -3.63. The minimum absolute atomic E-state index is 0.0346. The lowest BCUT2D eigenvalue weighted by Gasteiger charge is -2.32. The quantitative estimate of drug-likeness (QED) is 0.492. The summed E-state index contributed by atoms with van der Waals surface area (Å²) in [6.45, 7) is 4.81. The molecule has 1 amide bonds. The van der Waals surface area contributed by atoms with Gasteiger partial charge >= 0.3 is 0 Å². The first-order chi connectivity index (χ1) is 15.8. The molecule has 1 aliphatic rings. The lowest BCUT2D eigenvalue weighted by atomic mass is 9.95. The Kier molecular flexibility index (Phi) is 7.11. The van der Waals surface area contributed by atoms with Crippen molar-refractivity contribution < 1.29 is 17.6 Å². The number of hydrogen-bond donors (Lipinski definition) is 0. The van der Waals surface area contributed by atoms with Crippen LogP contribution in [0.5, 0.6) is 0 Å². The number of benzene rings is 2.